The molecule has 1 atom stereocenters. The Bertz CT molecular complexity index is 1120. The predicted molar refractivity (Wildman–Crippen MR) is 137 cm³/mol. The number of hydrogen-bond acceptors (Lipinski definition) is 5. The third-order valence-electron chi connectivity index (χ3n) is 5.67. The Labute approximate surface area is 213 Å². The fourth-order valence-corrected chi connectivity index (χ4v) is 4.28. The van der Waals surface area contributed by atoms with E-state index in [2.05, 4.69) is 26.6 Å². The Kier molecular flexibility index (Phi) is 9.45. The molecule has 35 heavy (non-hydrogen) atoms. The summed E-state index contributed by atoms with van der Waals surface area (Å²) in [5.74, 6) is -0.798. The van der Waals surface area contributed by atoms with Gasteiger partial charge in [0.25, 0.3) is 5.91 Å². The van der Waals surface area contributed by atoms with Gasteiger partial charge in [0.05, 0.1) is 23.8 Å². The van der Waals surface area contributed by atoms with Crippen LogP contribution in [0.5, 0.6) is 0 Å². The molecule has 0 unspecified atom stereocenters. The van der Waals surface area contributed by atoms with Crippen LogP contribution in [0.25, 0.3) is 0 Å². The van der Waals surface area contributed by atoms with E-state index in [4.69, 9.17) is 9.47 Å². The largest absolute Gasteiger partial charge is 0.460 e. The molecule has 1 aliphatic heterocycles. The van der Waals surface area contributed by atoms with Gasteiger partial charge in [0.15, 0.2) is 0 Å². The molecule has 0 saturated heterocycles. The van der Waals surface area contributed by atoms with E-state index >= 15 is 0 Å². The smallest absolute Gasteiger partial charge is 0.338 e. The van der Waals surface area contributed by atoms with Crippen LogP contribution in [0, 0.1) is 0 Å². The Morgan fingerprint density at radius 1 is 1.14 bits per heavy atom. The number of ether oxygens (including phenoxy) is 2. The van der Waals surface area contributed by atoms with Crippen LogP contribution in [0.4, 0.5) is 10.5 Å². The van der Waals surface area contributed by atoms with Gasteiger partial charge in [-0.1, -0.05) is 37.6 Å². The number of benzene rings is 2. The molecule has 3 rings (SSSR count). The van der Waals surface area contributed by atoms with Crippen molar-refractivity contribution < 1.29 is 23.9 Å². The van der Waals surface area contributed by atoms with Crippen LogP contribution in [0.1, 0.15) is 48.7 Å². The predicted octanol–water partition coefficient (Wildman–Crippen LogP) is 5.03. The van der Waals surface area contributed by atoms with Crippen LogP contribution in [-0.2, 0) is 14.3 Å². The maximum atomic E-state index is 13.1. The second-order valence-electron chi connectivity index (χ2n) is 8.07. The first-order valence-corrected chi connectivity index (χ1v) is 12.3. The molecule has 2 aromatic carbocycles. The minimum Gasteiger partial charge on any atom is -0.460 e. The standard InChI is InChI=1S/C26H30BrN3O5/c1-4-5-13-30-17(2)22(25(32)35-15-14-34-3)23(29-26(30)33)18-9-8-10-19(16-18)28-24(31)20-11-6-7-12-21(20)27/h6-12,16,23H,4-5,13-15H2,1-3H3,(H,28,31)(H,29,33)/t23-/m1/s1. The van der Waals surface area contributed by atoms with Gasteiger partial charge in [-0.05, 0) is 59.1 Å². The van der Waals surface area contributed by atoms with Gasteiger partial charge >= 0.3 is 12.0 Å². The number of unbranched alkanes of at least 4 members (excludes halogenated alkanes) is 1. The topological polar surface area (TPSA) is 97.0 Å². The van der Waals surface area contributed by atoms with Gasteiger partial charge in [0.1, 0.15) is 6.61 Å². The number of rotatable bonds is 10. The van der Waals surface area contributed by atoms with Crippen molar-refractivity contribution in [2.45, 2.75) is 32.7 Å². The van der Waals surface area contributed by atoms with Crippen LogP contribution >= 0.6 is 15.9 Å². The van der Waals surface area contributed by atoms with Gasteiger partial charge in [0.2, 0.25) is 0 Å². The highest BCUT2D eigenvalue weighted by atomic mass is 79.9. The number of methoxy groups -OCH3 is 1. The average molecular weight is 544 g/mol. The molecule has 1 heterocycles. The number of hydrogen-bond donors (Lipinski definition) is 2. The molecular formula is C26H30BrN3O5. The van der Waals surface area contributed by atoms with Gasteiger partial charge in [-0.15, -0.1) is 0 Å². The zero-order valence-corrected chi connectivity index (χ0v) is 21.7. The summed E-state index contributed by atoms with van der Waals surface area (Å²) >= 11 is 3.39. The van der Waals surface area contributed by atoms with Gasteiger partial charge in [-0.2, -0.15) is 0 Å². The van der Waals surface area contributed by atoms with Crippen molar-refractivity contribution in [3.63, 3.8) is 0 Å². The zero-order valence-electron chi connectivity index (χ0n) is 20.1. The lowest BCUT2D eigenvalue weighted by Gasteiger charge is -2.35. The lowest BCUT2D eigenvalue weighted by atomic mass is 9.94. The number of esters is 1. The van der Waals surface area contributed by atoms with E-state index in [0.29, 0.717) is 39.1 Å². The summed E-state index contributed by atoms with van der Waals surface area (Å²) in [6.45, 7) is 4.66. The fraction of sp³-hybridized carbons (Fsp3) is 0.346. The molecule has 0 saturated carbocycles. The van der Waals surface area contributed by atoms with Crippen LogP contribution < -0.4 is 10.6 Å². The zero-order chi connectivity index (χ0) is 25.4. The molecule has 186 valence electrons. The Hall–Kier alpha value is -3.17. The van der Waals surface area contributed by atoms with Crippen LogP contribution in [-0.4, -0.2) is 49.7 Å². The Morgan fingerprint density at radius 2 is 1.91 bits per heavy atom. The minimum atomic E-state index is -0.726. The number of amides is 3. The number of anilines is 1. The molecule has 0 aromatic heterocycles. The molecule has 0 spiro atoms. The molecule has 2 aromatic rings. The molecule has 9 heteroatoms. The van der Waals surface area contributed by atoms with E-state index in [1.54, 1.807) is 54.3 Å². The van der Waals surface area contributed by atoms with E-state index in [0.717, 1.165) is 12.8 Å². The summed E-state index contributed by atoms with van der Waals surface area (Å²) in [7, 11) is 1.53. The first kappa shape index (κ1) is 26.4. The summed E-state index contributed by atoms with van der Waals surface area (Å²) in [6.07, 6.45) is 1.71. The second kappa shape index (κ2) is 12.5. The minimum absolute atomic E-state index is 0.101. The molecule has 0 bridgehead atoms. The summed E-state index contributed by atoms with van der Waals surface area (Å²) in [5, 5.41) is 5.82. The van der Waals surface area contributed by atoms with Crippen molar-refractivity contribution in [3.8, 4) is 0 Å². The van der Waals surface area contributed by atoms with Crippen molar-refractivity contribution in [1.29, 1.82) is 0 Å². The highest BCUT2D eigenvalue weighted by Crippen LogP contribution is 2.33. The molecule has 1 aliphatic rings. The maximum Gasteiger partial charge on any atom is 0.338 e. The highest BCUT2D eigenvalue weighted by Gasteiger charge is 2.36. The molecular weight excluding hydrogens is 514 g/mol. The van der Waals surface area contributed by atoms with Crippen molar-refractivity contribution in [1.82, 2.24) is 10.2 Å². The number of nitrogens with one attached hydrogen (secondary N) is 2. The van der Waals surface area contributed by atoms with Crippen LogP contribution in [0.2, 0.25) is 0 Å². The van der Waals surface area contributed by atoms with Gasteiger partial charge in [-0.3, -0.25) is 9.69 Å². The van der Waals surface area contributed by atoms with Crippen molar-refractivity contribution in [2.75, 3.05) is 32.2 Å². The van der Waals surface area contributed by atoms with Crippen molar-refractivity contribution in [3.05, 3.63) is 75.4 Å². The van der Waals surface area contributed by atoms with Gasteiger partial charge in [-0.25, -0.2) is 9.59 Å². The normalized spacial score (nSPS) is 15.6. The molecule has 0 radical (unpaired) electrons. The number of urea groups is 1. The van der Waals surface area contributed by atoms with E-state index in [9.17, 15) is 14.4 Å². The van der Waals surface area contributed by atoms with E-state index in [1.807, 2.05) is 13.0 Å². The maximum absolute atomic E-state index is 13.1. The van der Waals surface area contributed by atoms with Crippen LogP contribution in [0.3, 0.4) is 0 Å². The number of nitrogens with zero attached hydrogens (tertiary/aromatic N) is 1. The number of halogens is 1. The average Bonchev–Trinajstić information content (AvgIpc) is 2.84. The van der Waals surface area contributed by atoms with Gasteiger partial charge in [0, 0.05) is 29.5 Å². The first-order valence-electron chi connectivity index (χ1n) is 11.5. The highest BCUT2D eigenvalue weighted by molar-refractivity contribution is 9.10. The first-order chi connectivity index (χ1) is 16.9. The lowest BCUT2D eigenvalue weighted by molar-refractivity contribution is -0.140. The van der Waals surface area contributed by atoms with E-state index < -0.39 is 12.0 Å². The summed E-state index contributed by atoms with van der Waals surface area (Å²) in [4.78, 5) is 40.4. The van der Waals surface area contributed by atoms with E-state index in [-0.39, 0.29) is 25.2 Å². The SMILES string of the molecule is CCCCN1C(=O)N[C@H](c2cccc(NC(=O)c3ccccc3Br)c2)C(C(=O)OCCOC)=C1C. The third kappa shape index (κ3) is 6.49. The number of carbonyl (C=O) groups is 3. The molecule has 2 N–H and O–H groups in total. The Balaban J connectivity index is 1.92. The number of allylic oxidation sites excluding steroid dienone is 1. The molecule has 0 aliphatic carbocycles. The molecule has 8 nitrogen and oxygen atoms in total. The fourth-order valence-electron chi connectivity index (χ4n) is 3.82. The summed E-state index contributed by atoms with van der Waals surface area (Å²) < 4.78 is 11.1. The van der Waals surface area contributed by atoms with Crippen molar-refractivity contribution >= 4 is 39.5 Å². The second-order valence-corrected chi connectivity index (χ2v) is 8.93. The quantitative estimate of drug-likeness (QED) is 0.323. The van der Waals surface area contributed by atoms with Crippen molar-refractivity contribution in [2.24, 2.45) is 0 Å². The molecule has 3 amide bonds. The van der Waals surface area contributed by atoms with Gasteiger partial charge < -0.3 is 20.1 Å². The molecule has 0 fully saturated rings. The van der Waals surface area contributed by atoms with E-state index in [1.165, 1.54) is 7.11 Å². The third-order valence-corrected chi connectivity index (χ3v) is 6.36. The lowest BCUT2D eigenvalue weighted by Crippen LogP contribution is -2.48. The summed E-state index contributed by atoms with van der Waals surface area (Å²) in [6, 6.07) is 13.2. The summed E-state index contributed by atoms with van der Waals surface area (Å²) in [5.41, 5.74) is 2.59. The number of carbonyl (C=O) groups excluding carboxylic acids is 3. The Morgan fingerprint density at radius 3 is 2.63 bits per heavy atom. The van der Waals surface area contributed by atoms with Crippen LogP contribution in [0.15, 0.2) is 64.3 Å². The monoisotopic (exact) mass is 543 g/mol.